The van der Waals surface area contributed by atoms with E-state index in [-0.39, 0.29) is 6.61 Å². The van der Waals surface area contributed by atoms with Crippen molar-refractivity contribution in [2.45, 2.75) is 18.4 Å². The van der Waals surface area contributed by atoms with Gasteiger partial charge in [0.15, 0.2) is 0 Å². The van der Waals surface area contributed by atoms with Crippen LogP contribution in [0.2, 0.25) is 5.02 Å². The second kappa shape index (κ2) is 7.17. The highest BCUT2D eigenvalue weighted by Gasteiger charge is 2.08. The van der Waals surface area contributed by atoms with E-state index in [9.17, 15) is 0 Å². The first-order chi connectivity index (χ1) is 7.69. The smallest absolute Gasteiger partial charge is 0.0464 e. The van der Waals surface area contributed by atoms with Gasteiger partial charge in [-0.15, -0.1) is 11.8 Å². The number of hydrogen-bond donors (Lipinski definition) is 2. The van der Waals surface area contributed by atoms with Crippen molar-refractivity contribution in [3.05, 3.63) is 28.8 Å². The molecule has 4 heteroatoms. The molecule has 2 N–H and O–H groups in total. The summed E-state index contributed by atoms with van der Waals surface area (Å²) in [6.07, 6.45) is 0. The Kier molecular flexibility index (Phi) is 6.21. The second-order valence-electron chi connectivity index (χ2n) is 3.85. The van der Waals surface area contributed by atoms with Crippen molar-refractivity contribution < 1.29 is 5.11 Å². The number of thioether (sulfide) groups is 1. The summed E-state index contributed by atoms with van der Waals surface area (Å²) < 4.78 is 0. The van der Waals surface area contributed by atoms with Crippen LogP contribution in [0.5, 0.6) is 0 Å². The highest BCUT2D eigenvalue weighted by atomic mass is 35.5. The first-order valence-electron chi connectivity index (χ1n) is 5.34. The molecule has 0 saturated carbocycles. The van der Waals surface area contributed by atoms with Crippen molar-refractivity contribution >= 4 is 23.4 Å². The van der Waals surface area contributed by atoms with Crippen LogP contribution in [-0.4, -0.2) is 24.5 Å². The number of benzene rings is 1. The lowest BCUT2D eigenvalue weighted by molar-refractivity contribution is 0.250. The van der Waals surface area contributed by atoms with Gasteiger partial charge < -0.3 is 10.4 Å². The third kappa shape index (κ3) is 3.98. The summed E-state index contributed by atoms with van der Waals surface area (Å²) in [5.74, 6) is 1.22. The van der Waals surface area contributed by atoms with Gasteiger partial charge in [-0.05, 0) is 30.7 Å². The molecule has 1 atom stereocenters. The van der Waals surface area contributed by atoms with Gasteiger partial charge in [0.25, 0.3) is 0 Å². The van der Waals surface area contributed by atoms with E-state index >= 15 is 0 Å². The Labute approximate surface area is 106 Å². The van der Waals surface area contributed by atoms with Gasteiger partial charge in [0, 0.05) is 28.8 Å². The maximum absolute atomic E-state index is 8.99. The molecule has 90 valence electrons. The van der Waals surface area contributed by atoms with Crippen LogP contribution in [-0.2, 0) is 6.54 Å². The third-order valence-corrected chi connectivity index (χ3v) is 4.05. The standard InChI is InChI=1S/C12H18ClNOS/c1-9(7-15)8-16-12-5-3-4-11(13)10(12)6-14-2/h3-5,9,14-15H,6-8H2,1-2H3. The fourth-order valence-corrected chi connectivity index (χ4v) is 2.71. The van der Waals surface area contributed by atoms with Crippen molar-refractivity contribution in [2.24, 2.45) is 5.92 Å². The zero-order valence-corrected chi connectivity index (χ0v) is 11.2. The van der Waals surface area contributed by atoms with E-state index in [0.717, 1.165) is 22.9 Å². The topological polar surface area (TPSA) is 32.3 Å². The van der Waals surface area contributed by atoms with Crippen molar-refractivity contribution in [1.82, 2.24) is 5.32 Å². The average Bonchev–Trinajstić information content (AvgIpc) is 2.29. The van der Waals surface area contributed by atoms with Crippen LogP contribution in [0.1, 0.15) is 12.5 Å². The number of rotatable bonds is 6. The molecular weight excluding hydrogens is 242 g/mol. The predicted molar refractivity (Wildman–Crippen MR) is 71.2 cm³/mol. The molecule has 0 fully saturated rings. The maximum atomic E-state index is 8.99. The quantitative estimate of drug-likeness (QED) is 0.771. The fourth-order valence-electron chi connectivity index (χ4n) is 1.31. The largest absolute Gasteiger partial charge is 0.396 e. The summed E-state index contributed by atoms with van der Waals surface area (Å²) in [6.45, 7) is 3.04. The van der Waals surface area contributed by atoms with Gasteiger partial charge in [0.05, 0.1) is 0 Å². The lowest BCUT2D eigenvalue weighted by Gasteiger charge is -2.12. The van der Waals surface area contributed by atoms with E-state index in [2.05, 4.69) is 11.4 Å². The van der Waals surface area contributed by atoms with Gasteiger partial charge in [-0.2, -0.15) is 0 Å². The third-order valence-electron chi connectivity index (χ3n) is 2.26. The molecule has 0 heterocycles. The predicted octanol–water partition coefficient (Wildman–Crippen LogP) is 2.78. The molecule has 2 nitrogen and oxygen atoms in total. The molecule has 0 aliphatic carbocycles. The summed E-state index contributed by atoms with van der Waals surface area (Å²) in [7, 11) is 1.91. The first kappa shape index (κ1) is 13.8. The van der Waals surface area contributed by atoms with E-state index < -0.39 is 0 Å². The minimum atomic E-state index is 0.231. The van der Waals surface area contributed by atoms with Crippen molar-refractivity contribution in [3.8, 4) is 0 Å². The molecule has 0 radical (unpaired) electrons. The van der Waals surface area contributed by atoms with Crippen LogP contribution in [0, 0.1) is 5.92 Å². The van der Waals surface area contributed by atoms with Crippen molar-refractivity contribution in [2.75, 3.05) is 19.4 Å². The molecule has 0 spiro atoms. The highest BCUT2D eigenvalue weighted by molar-refractivity contribution is 7.99. The molecule has 1 rings (SSSR count). The number of nitrogens with one attached hydrogen (secondary N) is 1. The lowest BCUT2D eigenvalue weighted by atomic mass is 10.2. The van der Waals surface area contributed by atoms with Gasteiger partial charge in [0.2, 0.25) is 0 Å². The average molecular weight is 260 g/mol. The van der Waals surface area contributed by atoms with Gasteiger partial charge in [-0.25, -0.2) is 0 Å². The summed E-state index contributed by atoms with van der Waals surface area (Å²) in [6, 6.07) is 5.95. The lowest BCUT2D eigenvalue weighted by Crippen LogP contribution is -2.08. The molecular formula is C12H18ClNOS. The Hall–Kier alpha value is -0.220. The van der Waals surface area contributed by atoms with Crippen molar-refractivity contribution in [1.29, 1.82) is 0 Å². The molecule has 0 amide bonds. The summed E-state index contributed by atoms with van der Waals surface area (Å²) in [5.41, 5.74) is 1.14. The van der Waals surface area contributed by atoms with Gasteiger partial charge in [-0.1, -0.05) is 24.6 Å². The number of aliphatic hydroxyl groups is 1. The fraction of sp³-hybridized carbons (Fsp3) is 0.500. The molecule has 0 aliphatic rings. The van der Waals surface area contributed by atoms with Crippen LogP contribution in [0.15, 0.2) is 23.1 Å². The number of aliphatic hydroxyl groups excluding tert-OH is 1. The normalized spacial score (nSPS) is 12.8. The monoisotopic (exact) mass is 259 g/mol. The second-order valence-corrected chi connectivity index (χ2v) is 5.31. The molecule has 1 unspecified atom stereocenters. The SMILES string of the molecule is CNCc1c(Cl)cccc1SCC(C)CO. The van der Waals surface area contributed by atoms with Crippen LogP contribution >= 0.6 is 23.4 Å². The van der Waals surface area contributed by atoms with E-state index in [1.54, 1.807) is 11.8 Å². The highest BCUT2D eigenvalue weighted by Crippen LogP contribution is 2.29. The Morgan fingerprint density at radius 3 is 2.88 bits per heavy atom. The zero-order valence-electron chi connectivity index (χ0n) is 9.66. The maximum Gasteiger partial charge on any atom is 0.0464 e. The van der Waals surface area contributed by atoms with Crippen LogP contribution < -0.4 is 5.32 Å². The Balaban J connectivity index is 2.74. The molecule has 1 aromatic carbocycles. The Bertz CT molecular complexity index is 333. The van der Waals surface area contributed by atoms with Gasteiger partial charge >= 0.3 is 0 Å². The molecule has 0 bridgehead atoms. The van der Waals surface area contributed by atoms with Crippen molar-refractivity contribution in [3.63, 3.8) is 0 Å². The Morgan fingerprint density at radius 2 is 2.25 bits per heavy atom. The molecule has 1 aromatic rings. The molecule has 0 aliphatic heterocycles. The minimum Gasteiger partial charge on any atom is -0.396 e. The van der Waals surface area contributed by atoms with Crippen LogP contribution in [0.3, 0.4) is 0 Å². The van der Waals surface area contributed by atoms with E-state index in [1.165, 1.54) is 4.90 Å². The van der Waals surface area contributed by atoms with Gasteiger partial charge in [-0.3, -0.25) is 0 Å². The summed E-state index contributed by atoms with van der Waals surface area (Å²) in [4.78, 5) is 1.20. The number of halogens is 1. The summed E-state index contributed by atoms with van der Waals surface area (Å²) in [5, 5.41) is 12.9. The zero-order chi connectivity index (χ0) is 12.0. The van der Waals surface area contributed by atoms with E-state index in [0.29, 0.717) is 5.92 Å². The van der Waals surface area contributed by atoms with E-state index in [1.807, 2.05) is 26.1 Å². The molecule has 0 aromatic heterocycles. The number of hydrogen-bond acceptors (Lipinski definition) is 3. The molecule has 16 heavy (non-hydrogen) atoms. The minimum absolute atomic E-state index is 0.231. The van der Waals surface area contributed by atoms with Crippen LogP contribution in [0.25, 0.3) is 0 Å². The van der Waals surface area contributed by atoms with Crippen LogP contribution in [0.4, 0.5) is 0 Å². The van der Waals surface area contributed by atoms with Gasteiger partial charge in [0.1, 0.15) is 0 Å². The van der Waals surface area contributed by atoms with E-state index in [4.69, 9.17) is 16.7 Å². The Morgan fingerprint density at radius 1 is 1.50 bits per heavy atom. The molecule has 0 saturated heterocycles. The summed E-state index contributed by atoms with van der Waals surface area (Å²) >= 11 is 7.90. The first-order valence-corrected chi connectivity index (χ1v) is 6.71.